The minimum Gasteiger partial charge on any atom is -0.507 e. The van der Waals surface area contributed by atoms with Crippen molar-refractivity contribution >= 4 is 39.3 Å². The number of ether oxygens (including phenoxy) is 1. The number of fused-ring (bicyclic) bond motifs is 1. The number of methoxy groups -OCH3 is 1. The van der Waals surface area contributed by atoms with E-state index in [2.05, 4.69) is 25.4 Å². The number of hydrogen-bond acceptors (Lipinski definition) is 10. The molecule has 1 fully saturated rings. The number of phenolic OH excluding ortho intramolecular Hbond substituents is 1. The van der Waals surface area contributed by atoms with Crippen LogP contribution in [0.15, 0.2) is 23.6 Å². The molecule has 2 aromatic heterocycles. The van der Waals surface area contributed by atoms with Gasteiger partial charge in [-0.25, -0.2) is 4.98 Å². The Morgan fingerprint density at radius 3 is 2.76 bits per heavy atom. The number of phenols is 1. The summed E-state index contributed by atoms with van der Waals surface area (Å²) in [6, 6.07) is 5.86. The summed E-state index contributed by atoms with van der Waals surface area (Å²) in [7, 11) is 1.40. The molecule has 176 valence electrons. The number of nitrogens with zero attached hydrogens (tertiary/aromatic N) is 4. The number of carboxylic acid groups (broad SMARTS) is 1. The van der Waals surface area contributed by atoms with Gasteiger partial charge in [-0.1, -0.05) is 0 Å². The van der Waals surface area contributed by atoms with E-state index in [1.165, 1.54) is 7.11 Å². The Morgan fingerprint density at radius 2 is 2.06 bits per heavy atom. The number of benzene rings is 1. The van der Waals surface area contributed by atoms with Gasteiger partial charge in [0.2, 0.25) is 5.95 Å². The van der Waals surface area contributed by atoms with Crippen LogP contribution in [-0.2, 0) is 14.3 Å². The molecule has 3 N–H and O–H groups in total. The minimum atomic E-state index is -0.833. The van der Waals surface area contributed by atoms with E-state index in [9.17, 15) is 9.90 Å². The first-order valence-electron chi connectivity index (χ1n) is 10.4. The molecule has 0 aliphatic carbocycles. The zero-order valence-corrected chi connectivity index (χ0v) is 19.6. The van der Waals surface area contributed by atoms with Crippen LogP contribution in [0.25, 0.3) is 21.3 Å². The van der Waals surface area contributed by atoms with Crippen LogP contribution in [0.5, 0.6) is 5.75 Å². The Hall–Kier alpha value is -3.31. The highest BCUT2D eigenvalue weighted by Gasteiger charge is 2.23. The van der Waals surface area contributed by atoms with Gasteiger partial charge in [-0.05, 0) is 49.9 Å². The van der Waals surface area contributed by atoms with Crippen molar-refractivity contribution in [2.75, 3.05) is 32.1 Å². The van der Waals surface area contributed by atoms with Gasteiger partial charge in [0, 0.05) is 35.2 Å². The number of thiophene rings is 1. The number of aromatic nitrogens is 3. The Labute approximate surface area is 195 Å². The molecular weight excluding hydrogens is 446 g/mol. The fraction of sp³-hybridized carbons (Fsp3) is 0.409. The number of carboxylic acids is 1. The number of hydrogen-bond donors (Lipinski definition) is 3. The third-order valence-electron chi connectivity index (χ3n) is 5.14. The highest BCUT2D eigenvalue weighted by atomic mass is 32.1. The molecule has 4 rings (SSSR count). The first-order chi connectivity index (χ1) is 15.8. The van der Waals surface area contributed by atoms with Crippen LogP contribution in [0.1, 0.15) is 25.5 Å². The summed E-state index contributed by atoms with van der Waals surface area (Å²) in [4.78, 5) is 27.1. The molecule has 10 nitrogen and oxygen atoms in total. The average Bonchev–Trinajstić information content (AvgIpc) is 3.24. The predicted molar refractivity (Wildman–Crippen MR) is 125 cm³/mol. The predicted octanol–water partition coefficient (Wildman–Crippen LogP) is 2.91. The maximum absolute atomic E-state index is 11.5. The van der Waals surface area contributed by atoms with Crippen molar-refractivity contribution in [3.8, 4) is 17.0 Å². The van der Waals surface area contributed by atoms with Crippen molar-refractivity contribution in [1.82, 2.24) is 20.1 Å². The number of rotatable bonds is 5. The SMILES string of the molecule is CC(=O)O.COC(=O)CN1CCC[C@@H](Nc2nnc(-c3ccc4sccc4c3O)c(C)n2)C1. The number of anilines is 1. The average molecular weight is 474 g/mol. The molecule has 3 heterocycles. The summed E-state index contributed by atoms with van der Waals surface area (Å²) in [5.74, 6) is -0.409. The number of likely N-dealkylation sites (tertiary alicyclic amines) is 1. The molecule has 0 saturated carbocycles. The van der Waals surface area contributed by atoms with Crippen molar-refractivity contribution in [3.05, 3.63) is 29.3 Å². The van der Waals surface area contributed by atoms with Crippen LogP contribution in [0.2, 0.25) is 0 Å². The van der Waals surface area contributed by atoms with E-state index in [0.29, 0.717) is 22.9 Å². The molecule has 1 aromatic carbocycles. The summed E-state index contributed by atoms with van der Waals surface area (Å²) in [5, 5.41) is 32.7. The van der Waals surface area contributed by atoms with Crippen molar-refractivity contribution in [1.29, 1.82) is 0 Å². The summed E-state index contributed by atoms with van der Waals surface area (Å²) in [5.41, 5.74) is 1.88. The van der Waals surface area contributed by atoms with Gasteiger partial charge >= 0.3 is 5.97 Å². The molecule has 1 aliphatic rings. The van der Waals surface area contributed by atoms with E-state index in [1.54, 1.807) is 11.3 Å². The van der Waals surface area contributed by atoms with Crippen molar-refractivity contribution in [2.24, 2.45) is 0 Å². The molecule has 1 saturated heterocycles. The van der Waals surface area contributed by atoms with Crippen molar-refractivity contribution < 1.29 is 24.5 Å². The van der Waals surface area contributed by atoms with Crippen LogP contribution in [0.4, 0.5) is 5.95 Å². The summed E-state index contributed by atoms with van der Waals surface area (Å²) >= 11 is 1.58. The third kappa shape index (κ3) is 6.36. The molecule has 3 aromatic rings. The van der Waals surface area contributed by atoms with Crippen LogP contribution < -0.4 is 5.32 Å². The van der Waals surface area contributed by atoms with Gasteiger partial charge in [-0.2, -0.15) is 0 Å². The first kappa shape index (κ1) is 24.3. The highest BCUT2D eigenvalue weighted by Crippen LogP contribution is 2.37. The molecule has 0 bridgehead atoms. The fourth-order valence-corrected chi connectivity index (χ4v) is 4.47. The number of esters is 1. The second-order valence-corrected chi connectivity index (χ2v) is 8.63. The molecule has 0 radical (unpaired) electrons. The molecule has 33 heavy (non-hydrogen) atoms. The van der Waals surface area contributed by atoms with Gasteiger partial charge in [0.25, 0.3) is 5.97 Å². The van der Waals surface area contributed by atoms with E-state index in [0.717, 1.165) is 42.9 Å². The number of carbonyl (C=O) groups is 2. The van der Waals surface area contributed by atoms with Gasteiger partial charge in [0.15, 0.2) is 0 Å². The lowest BCUT2D eigenvalue weighted by molar-refractivity contribution is -0.142. The fourth-order valence-electron chi connectivity index (χ4n) is 3.68. The van der Waals surface area contributed by atoms with Gasteiger partial charge in [0.05, 0.1) is 19.3 Å². The topological polar surface area (TPSA) is 138 Å². The van der Waals surface area contributed by atoms with Gasteiger partial charge < -0.3 is 20.3 Å². The lowest BCUT2D eigenvalue weighted by Gasteiger charge is -2.32. The molecule has 1 atom stereocenters. The van der Waals surface area contributed by atoms with E-state index in [1.807, 2.05) is 30.5 Å². The van der Waals surface area contributed by atoms with Crippen LogP contribution in [0.3, 0.4) is 0 Å². The van der Waals surface area contributed by atoms with Crippen LogP contribution in [-0.4, -0.2) is 75.0 Å². The lowest BCUT2D eigenvalue weighted by Crippen LogP contribution is -2.44. The van der Waals surface area contributed by atoms with Crippen molar-refractivity contribution in [2.45, 2.75) is 32.7 Å². The number of nitrogens with one attached hydrogen (secondary N) is 1. The van der Waals surface area contributed by atoms with E-state index in [-0.39, 0.29) is 24.3 Å². The van der Waals surface area contributed by atoms with Crippen molar-refractivity contribution in [3.63, 3.8) is 0 Å². The van der Waals surface area contributed by atoms with E-state index < -0.39 is 5.97 Å². The maximum Gasteiger partial charge on any atom is 0.319 e. The Bertz CT molecular complexity index is 1130. The maximum atomic E-state index is 11.5. The summed E-state index contributed by atoms with van der Waals surface area (Å²) in [6.07, 6.45) is 1.95. The van der Waals surface area contributed by atoms with Crippen LogP contribution in [0, 0.1) is 6.92 Å². The summed E-state index contributed by atoms with van der Waals surface area (Å²) in [6.45, 7) is 4.82. The Balaban J connectivity index is 0.000000709. The molecule has 1 aliphatic heterocycles. The van der Waals surface area contributed by atoms with E-state index in [4.69, 9.17) is 14.6 Å². The standard InChI is InChI=1S/C20H23N5O3S.C2H4O2/c1-12-18(15-5-6-16-14(19(15)27)7-9-29-16)23-24-20(21-12)22-13-4-3-8-25(10-13)11-17(26)28-2;1-2(3)4/h5-7,9,13,27H,3-4,8,10-11H2,1-2H3,(H,21,22,24);1H3,(H,3,4)/t13-;/m1./s1. The Morgan fingerprint density at radius 1 is 1.30 bits per heavy atom. The largest absolute Gasteiger partial charge is 0.507 e. The zero-order valence-electron chi connectivity index (χ0n) is 18.7. The molecule has 11 heteroatoms. The highest BCUT2D eigenvalue weighted by molar-refractivity contribution is 7.17. The van der Waals surface area contributed by atoms with Crippen LogP contribution >= 0.6 is 11.3 Å². The van der Waals surface area contributed by atoms with Gasteiger partial charge in [-0.3, -0.25) is 14.5 Å². The lowest BCUT2D eigenvalue weighted by atomic mass is 10.1. The minimum absolute atomic E-state index is 0.135. The molecule has 0 amide bonds. The second kappa shape index (κ2) is 11.0. The normalized spacial score (nSPS) is 16.0. The number of aryl methyl sites for hydroxylation is 1. The summed E-state index contributed by atoms with van der Waals surface area (Å²) < 4.78 is 5.78. The van der Waals surface area contributed by atoms with Gasteiger partial charge in [-0.15, -0.1) is 21.5 Å². The Kier molecular flexibility index (Phi) is 8.12. The monoisotopic (exact) mass is 473 g/mol. The molecular formula is C22H27N5O5S. The van der Waals surface area contributed by atoms with Gasteiger partial charge in [0.1, 0.15) is 11.4 Å². The molecule has 0 spiro atoms. The number of piperidine rings is 1. The smallest absolute Gasteiger partial charge is 0.319 e. The zero-order chi connectivity index (χ0) is 24.0. The number of aliphatic carboxylic acids is 1. The second-order valence-electron chi connectivity index (χ2n) is 7.68. The number of carbonyl (C=O) groups excluding carboxylic acids is 1. The molecule has 0 unspecified atom stereocenters. The quantitative estimate of drug-likeness (QED) is 0.474. The number of aromatic hydroxyl groups is 1. The van der Waals surface area contributed by atoms with E-state index >= 15 is 0 Å². The third-order valence-corrected chi connectivity index (χ3v) is 6.02. The first-order valence-corrected chi connectivity index (χ1v) is 11.3.